The van der Waals surface area contributed by atoms with E-state index in [1.165, 1.54) is 0 Å². The first-order valence-electron chi connectivity index (χ1n) is 8.31. The van der Waals surface area contributed by atoms with Crippen molar-refractivity contribution in [1.29, 1.82) is 0 Å². The Morgan fingerprint density at radius 1 is 1.23 bits per heavy atom. The van der Waals surface area contributed by atoms with E-state index < -0.39 is 5.97 Å². The van der Waals surface area contributed by atoms with Crippen molar-refractivity contribution in [3.8, 4) is 0 Å². The maximum atomic E-state index is 12.5. The van der Waals surface area contributed by atoms with Crippen molar-refractivity contribution < 1.29 is 19.4 Å². The van der Waals surface area contributed by atoms with E-state index in [0.717, 1.165) is 19.4 Å². The molecule has 0 aromatic heterocycles. The van der Waals surface area contributed by atoms with E-state index in [-0.39, 0.29) is 29.5 Å². The molecule has 2 saturated heterocycles. The van der Waals surface area contributed by atoms with Gasteiger partial charge in [0.2, 0.25) is 0 Å². The fourth-order valence-electron chi connectivity index (χ4n) is 4.37. The van der Waals surface area contributed by atoms with Gasteiger partial charge in [-0.2, -0.15) is 0 Å². The first-order chi connectivity index (χ1) is 10.4. The first kappa shape index (κ1) is 15.6. The third-order valence-corrected chi connectivity index (χ3v) is 5.74. The molecule has 0 bridgehead atoms. The van der Waals surface area contributed by atoms with Crippen LogP contribution < -0.4 is 5.32 Å². The number of amides is 2. The normalized spacial score (nSPS) is 34.5. The summed E-state index contributed by atoms with van der Waals surface area (Å²) in [7, 11) is 0. The molecule has 2 heterocycles. The molecular formula is C16H26N2O4. The van der Waals surface area contributed by atoms with Gasteiger partial charge in [-0.3, -0.25) is 4.79 Å². The van der Waals surface area contributed by atoms with E-state index in [1.54, 1.807) is 4.90 Å². The Kier molecular flexibility index (Phi) is 4.05. The molecule has 3 fully saturated rings. The number of hydrogen-bond donors (Lipinski definition) is 2. The number of fused-ring (bicyclic) bond motifs is 1. The molecule has 6 heteroatoms. The maximum Gasteiger partial charge on any atom is 0.317 e. The van der Waals surface area contributed by atoms with Crippen LogP contribution in [0.4, 0.5) is 4.79 Å². The molecule has 3 atom stereocenters. The molecule has 1 aliphatic carbocycles. The number of rotatable bonds is 2. The lowest BCUT2D eigenvalue weighted by Gasteiger charge is -2.60. The molecule has 0 radical (unpaired) electrons. The minimum Gasteiger partial charge on any atom is -0.481 e. The summed E-state index contributed by atoms with van der Waals surface area (Å²) in [6, 6.07) is 0.105. The monoisotopic (exact) mass is 310 g/mol. The summed E-state index contributed by atoms with van der Waals surface area (Å²) < 4.78 is 5.86. The van der Waals surface area contributed by atoms with Crippen molar-refractivity contribution in [3.05, 3.63) is 0 Å². The third-order valence-electron chi connectivity index (χ3n) is 5.74. The predicted octanol–water partition coefficient (Wildman–Crippen LogP) is 1.70. The van der Waals surface area contributed by atoms with E-state index in [9.17, 15) is 9.59 Å². The Labute approximate surface area is 131 Å². The zero-order valence-corrected chi connectivity index (χ0v) is 13.4. The fourth-order valence-corrected chi connectivity index (χ4v) is 4.37. The van der Waals surface area contributed by atoms with Crippen LogP contribution in [0, 0.1) is 17.3 Å². The molecule has 0 aromatic rings. The number of ether oxygens (including phenoxy) is 1. The lowest BCUT2D eigenvalue weighted by molar-refractivity contribution is -0.189. The van der Waals surface area contributed by atoms with Crippen LogP contribution >= 0.6 is 0 Å². The van der Waals surface area contributed by atoms with Gasteiger partial charge in [0, 0.05) is 37.1 Å². The molecule has 2 aliphatic heterocycles. The van der Waals surface area contributed by atoms with E-state index in [1.807, 2.05) is 0 Å². The van der Waals surface area contributed by atoms with Crippen molar-refractivity contribution in [2.24, 2.45) is 17.3 Å². The summed E-state index contributed by atoms with van der Waals surface area (Å²) in [5.74, 6) is -0.632. The largest absolute Gasteiger partial charge is 0.481 e. The second-order valence-corrected chi connectivity index (χ2v) is 7.45. The number of carbonyl (C=O) groups is 2. The molecule has 124 valence electrons. The number of carboxylic acid groups (broad SMARTS) is 1. The highest BCUT2D eigenvalue weighted by Crippen LogP contribution is 2.51. The highest BCUT2D eigenvalue weighted by atomic mass is 16.5. The van der Waals surface area contributed by atoms with E-state index >= 15 is 0 Å². The Bertz CT molecular complexity index is 457. The molecule has 6 nitrogen and oxygen atoms in total. The minimum absolute atomic E-state index is 0.0276. The Morgan fingerprint density at radius 2 is 1.91 bits per heavy atom. The summed E-state index contributed by atoms with van der Waals surface area (Å²) in [5.41, 5.74) is -0.0276. The van der Waals surface area contributed by atoms with Gasteiger partial charge < -0.3 is 20.1 Å². The zero-order valence-electron chi connectivity index (χ0n) is 13.4. The highest BCUT2D eigenvalue weighted by molar-refractivity contribution is 5.76. The zero-order chi connectivity index (χ0) is 15.9. The number of carboxylic acids is 1. The van der Waals surface area contributed by atoms with Gasteiger partial charge in [-0.15, -0.1) is 0 Å². The average molecular weight is 310 g/mol. The van der Waals surface area contributed by atoms with Crippen LogP contribution in [-0.4, -0.2) is 53.8 Å². The molecule has 3 unspecified atom stereocenters. The molecule has 22 heavy (non-hydrogen) atoms. The summed E-state index contributed by atoms with van der Waals surface area (Å²) in [5, 5.41) is 12.2. The Balaban J connectivity index is 1.55. The van der Waals surface area contributed by atoms with Gasteiger partial charge in [-0.25, -0.2) is 4.79 Å². The first-order valence-corrected chi connectivity index (χ1v) is 8.31. The van der Waals surface area contributed by atoms with Crippen molar-refractivity contribution in [1.82, 2.24) is 10.2 Å². The number of aliphatic carboxylic acids is 1. The van der Waals surface area contributed by atoms with Gasteiger partial charge >= 0.3 is 12.0 Å². The molecule has 0 spiro atoms. The minimum atomic E-state index is -0.748. The number of likely N-dealkylation sites (tertiary alicyclic amines) is 1. The van der Waals surface area contributed by atoms with Crippen LogP contribution in [0.5, 0.6) is 0 Å². The van der Waals surface area contributed by atoms with Crippen LogP contribution in [-0.2, 0) is 9.53 Å². The van der Waals surface area contributed by atoms with Gasteiger partial charge in [0.05, 0.1) is 12.0 Å². The number of piperidine rings is 1. The van der Waals surface area contributed by atoms with Crippen molar-refractivity contribution in [2.45, 2.75) is 51.7 Å². The Hall–Kier alpha value is -1.30. The second-order valence-electron chi connectivity index (χ2n) is 7.45. The van der Waals surface area contributed by atoms with Crippen molar-refractivity contribution in [2.75, 3.05) is 19.7 Å². The number of urea groups is 1. The van der Waals surface area contributed by atoms with E-state index in [4.69, 9.17) is 9.84 Å². The second kappa shape index (κ2) is 5.72. The fraction of sp³-hybridized carbons (Fsp3) is 0.875. The lowest BCUT2D eigenvalue weighted by Crippen LogP contribution is -2.71. The summed E-state index contributed by atoms with van der Waals surface area (Å²) in [4.78, 5) is 25.2. The maximum absolute atomic E-state index is 12.5. The number of nitrogens with zero attached hydrogens (tertiary/aromatic N) is 1. The van der Waals surface area contributed by atoms with Crippen LogP contribution in [0.25, 0.3) is 0 Å². The van der Waals surface area contributed by atoms with Crippen molar-refractivity contribution >= 4 is 12.0 Å². The topological polar surface area (TPSA) is 78.9 Å². The predicted molar refractivity (Wildman–Crippen MR) is 80.5 cm³/mol. The van der Waals surface area contributed by atoms with Crippen LogP contribution in [0.2, 0.25) is 0 Å². The average Bonchev–Trinajstić information content (AvgIpc) is 2.52. The van der Waals surface area contributed by atoms with Gasteiger partial charge in [0.15, 0.2) is 0 Å². The van der Waals surface area contributed by atoms with Crippen LogP contribution in [0.3, 0.4) is 0 Å². The SMILES string of the molecule is CC1(C)C(NC(=O)N2CCC(C(=O)O)CC2)C2CCCOC21. The lowest BCUT2D eigenvalue weighted by atomic mass is 9.55. The third kappa shape index (κ3) is 2.57. The quantitative estimate of drug-likeness (QED) is 0.813. The summed E-state index contributed by atoms with van der Waals surface area (Å²) in [6.07, 6.45) is 3.52. The van der Waals surface area contributed by atoms with Gasteiger partial charge in [-0.05, 0) is 25.7 Å². The molecule has 0 aromatic carbocycles. The Morgan fingerprint density at radius 3 is 2.55 bits per heavy atom. The number of nitrogens with one attached hydrogen (secondary N) is 1. The van der Waals surface area contributed by atoms with Crippen LogP contribution in [0.1, 0.15) is 39.5 Å². The summed E-state index contributed by atoms with van der Waals surface area (Å²) in [6.45, 7) is 6.19. The smallest absolute Gasteiger partial charge is 0.317 e. The summed E-state index contributed by atoms with van der Waals surface area (Å²) >= 11 is 0. The number of carbonyl (C=O) groups excluding carboxylic acids is 1. The van der Waals surface area contributed by atoms with E-state index in [0.29, 0.717) is 31.8 Å². The molecule has 3 aliphatic rings. The molecular weight excluding hydrogens is 284 g/mol. The van der Waals surface area contributed by atoms with Gasteiger partial charge in [-0.1, -0.05) is 13.8 Å². The van der Waals surface area contributed by atoms with Gasteiger partial charge in [0.1, 0.15) is 0 Å². The molecule has 3 rings (SSSR count). The molecule has 2 N–H and O–H groups in total. The van der Waals surface area contributed by atoms with E-state index in [2.05, 4.69) is 19.2 Å². The van der Waals surface area contributed by atoms with Crippen molar-refractivity contribution in [3.63, 3.8) is 0 Å². The molecule has 1 saturated carbocycles. The molecule has 2 amide bonds. The highest BCUT2D eigenvalue weighted by Gasteiger charge is 2.58. The number of hydrogen-bond acceptors (Lipinski definition) is 3. The standard InChI is InChI=1S/C16H26N2O4/c1-16(2)12(11-4-3-9-22-13(11)16)17-15(21)18-7-5-10(6-8-18)14(19)20/h10-13H,3-9H2,1-2H3,(H,17,21)(H,19,20). The van der Waals surface area contributed by atoms with Gasteiger partial charge in [0.25, 0.3) is 0 Å². The van der Waals surface area contributed by atoms with Crippen LogP contribution in [0.15, 0.2) is 0 Å².